The number of hydrogen-bond donors (Lipinski definition) is 1. The van der Waals surface area contributed by atoms with E-state index in [-0.39, 0.29) is 16.6 Å². The lowest BCUT2D eigenvalue weighted by Crippen LogP contribution is -2.40. The molecule has 1 unspecified atom stereocenters. The lowest BCUT2D eigenvalue weighted by Gasteiger charge is -2.31. The van der Waals surface area contributed by atoms with E-state index in [2.05, 4.69) is 10.2 Å². The first-order valence-electron chi connectivity index (χ1n) is 11.8. The monoisotopic (exact) mass is 488 g/mol. The zero-order chi connectivity index (χ0) is 24.1. The largest absolute Gasteiger partial charge is 0.379 e. The Hall–Kier alpha value is -2.53. The Kier molecular flexibility index (Phi) is 7.82. The molecule has 184 valence electrons. The van der Waals surface area contributed by atoms with Gasteiger partial charge in [-0.25, -0.2) is 8.42 Å². The fraction of sp³-hybridized carbons (Fsp3) is 0.500. The molecule has 2 fully saturated rings. The van der Waals surface area contributed by atoms with Crippen LogP contribution in [0.4, 0.5) is 11.4 Å². The third kappa shape index (κ3) is 5.75. The van der Waals surface area contributed by atoms with Crippen LogP contribution in [0, 0.1) is 17.0 Å². The highest BCUT2D eigenvalue weighted by Crippen LogP contribution is 2.33. The number of rotatable bonds is 8. The third-order valence-electron chi connectivity index (χ3n) is 6.47. The van der Waals surface area contributed by atoms with Gasteiger partial charge >= 0.3 is 0 Å². The number of ether oxygens (including phenoxy) is 1. The molecule has 1 N–H and O–H groups in total. The van der Waals surface area contributed by atoms with E-state index in [0.717, 1.165) is 43.5 Å². The van der Waals surface area contributed by atoms with E-state index in [1.54, 1.807) is 0 Å². The van der Waals surface area contributed by atoms with Gasteiger partial charge in [-0.2, -0.15) is 4.31 Å². The first-order valence-corrected chi connectivity index (χ1v) is 13.2. The van der Waals surface area contributed by atoms with Crippen molar-refractivity contribution in [3.8, 4) is 0 Å². The number of nitrogens with one attached hydrogen (secondary N) is 1. The molecule has 0 aromatic heterocycles. The zero-order valence-corrected chi connectivity index (χ0v) is 20.3. The second kappa shape index (κ2) is 10.8. The van der Waals surface area contributed by atoms with Crippen LogP contribution in [0.15, 0.2) is 47.4 Å². The van der Waals surface area contributed by atoms with Gasteiger partial charge in [0.25, 0.3) is 5.69 Å². The van der Waals surface area contributed by atoms with Crippen LogP contribution in [-0.4, -0.2) is 68.5 Å². The quantitative estimate of drug-likeness (QED) is 0.447. The van der Waals surface area contributed by atoms with Gasteiger partial charge in [0.2, 0.25) is 10.0 Å². The Morgan fingerprint density at radius 3 is 2.35 bits per heavy atom. The molecule has 0 bridgehead atoms. The van der Waals surface area contributed by atoms with Gasteiger partial charge in [0.15, 0.2) is 0 Å². The van der Waals surface area contributed by atoms with Gasteiger partial charge in [-0.3, -0.25) is 15.0 Å². The van der Waals surface area contributed by atoms with E-state index in [4.69, 9.17) is 4.74 Å². The average Bonchev–Trinajstić information content (AvgIpc) is 2.85. The van der Waals surface area contributed by atoms with Crippen LogP contribution in [-0.2, 0) is 14.8 Å². The number of sulfonamides is 1. The van der Waals surface area contributed by atoms with Crippen molar-refractivity contribution in [1.82, 2.24) is 9.21 Å². The van der Waals surface area contributed by atoms with Crippen molar-refractivity contribution < 1.29 is 18.1 Å². The molecule has 1 atom stereocenters. The highest BCUT2D eigenvalue weighted by atomic mass is 32.2. The normalized spacial score (nSPS) is 19.0. The standard InChI is InChI=1S/C24H32N4O5S/c1-19-5-7-20(8-6-19)23(18-26-13-15-33-16-14-26)25-22-10-9-21(17-24(22)28(29)30)34(31,32)27-11-3-2-4-12-27/h5-10,17,23,25H,2-4,11-16,18H2,1H3. The number of hydrogen-bond acceptors (Lipinski definition) is 7. The van der Waals surface area contributed by atoms with Crippen molar-refractivity contribution in [1.29, 1.82) is 0 Å². The highest BCUT2D eigenvalue weighted by Gasteiger charge is 2.29. The molecule has 2 aliphatic heterocycles. The van der Waals surface area contributed by atoms with Gasteiger partial charge in [-0.15, -0.1) is 0 Å². The lowest BCUT2D eigenvalue weighted by molar-refractivity contribution is -0.384. The summed E-state index contributed by atoms with van der Waals surface area (Å²) in [7, 11) is -3.76. The fourth-order valence-corrected chi connectivity index (χ4v) is 6.00. The lowest BCUT2D eigenvalue weighted by atomic mass is 10.0. The van der Waals surface area contributed by atoms with Gasteiger partial charge < -0.3 is 10.1 Å². The van der Waals surface area contributed by atoms with Crippen molar-refractivity contribution >= 4 is 21.4 Å². The summed E-state index contributed by atoms with van der Waals surface area (Å²) in [6, 6.07) is 12.1. The number of nitro benzene ring substituents is 1. The summed E-state index contributed by atoms with van der Waals surface area (Å²) < 4.78 is 33.0. The minimum Gasteiger partial charge on any atom is -0.379 e. The number of anilines is 1. The second-order valence-electron chi connectivity index (χ2n) is 8.92. The van der Waals surface area contributed by atoms with Gasteiger partial charge in [0, 0.05) is 38.8 Å². The number of aryl methyl sites for hydroxylation is 1. The van der Waals surface area contributed by atoms with Crippen LogP contribution >= 0.6 is 0 Å². The molecule has 4 rings (SSSR count). The molecule has 2 aliphatic rings. The maximum absolute atomic E-state index is 13.1. The molecule has 0 radical (unpaired) electrons. The van der Waals surface area contributed by atoms with Crippen molar-refractivity contribution in [3.63, 3.8) is 0 Å². The molecule has 2 saturated heterocycles. The van der Waals surface area contributed by atoms with Crippen molar-refractivity contribution in [2.75, 3.05) is 51.3 Å². The fourth-order valence-electron chi connectivity index (χ4n) is 4.46. The molecule has 2 aromatic carbocycles. The van der Waals surface area contributed by atoms with Crippen molar-refractivity contribution in [3.05, 3.63) is 63.7 Å². The first kappa shape index (κ1) is 24.6. The molecule has 2 heterocycles. The molecule has 9 nitrogen and oxygen atoms in total. The number of nitro groups is 1. The van der Waals surface area contributed by atoms with Crippen LogP contribution in [0.5, 0.6) is 0 Å². The maximum Gasteiger partial charge on any atom is 0.293 e. The Morgan fingerprint density at radius 1 is 1.03 bits per heavy atom. The summed E-state index contributed by atoms with van der Waals surface area (Å²) in [5.41, 5.74) is 2.21. The molecule has 34 heavy (non-hydrogen) atoms. The van der Waals surface area contributed by atoms with E-state index < -0.39 is 14.9 Å². The molecule has 0 aliphatic carbocycles. The van der Waals surface area contributed by atoms with Gasteiger partial charge in [-0.1, -0.05) is 36.2 Å². The van der Waals surface area contributed by atoms with Crippen LogP contribution < -0.4 is 5.32 Å². The predicted octanol–water partition coefficient (Wildman–Crippen LogP) is 3.56. The molecule has 0 amide bonds. The number of nitrogens with zero attached hydrogens (tertiary/aromatic N) is 3. The number of benzene rings is 2. The summed E-state index contributed by atoms with van der Waals surface area (Å²) in [4.78, 5) is 13.7. The highest BCUT2D eigenvalue weighted by molar-refractivity contribution is 7.89. The van der Waals surface area contributed by atoms with Crippen molar-refractivity contribution in [2.45, 2.75) is 37.1 Å². The summed E-state index contributed by atoms with van der Waals surface area (Å²) in [6.07, 6.45) is 2.61. The SMILES string of the molecule is Cc1ccc(C(CN2CCOCC2)Nc2ccc(S(=O)(=O)N3CCCCC3)cc2[N+](=O)[O-])cc1. The molecule has 10 heteroatoms. The first-order chi connectivity index (χ1) is 16.3. The Labute approximate surface area is 200 Å². The summed E-state index contributed by atoms with van der Waals surface area (Å²) in [6.45, 7) is 6.46. The van der Waals surface area contributed by atoms with Crippen LogP contribution in [0.3, 0.4) is 0 Å². The molecule has 2 aromatic rings. The van der Waals surface area contributed by atoms with E-state index in [1.165, 1.54) is 22.5 Å². The van der Waals surface area contributed by atoms with Crippen LogP contribution in [0.1, 0.15) is 36.4 Å². The number of morpholine rings is 1. The van der Waals surface area contributed by atoms with E-state index in [1.807, 2.05) is 31.2 Å². The third-order valence-corrected chi connectivity index (χ3v) is 8.37. The Bertz CT molecular complexity index is 1090. The van der Waals surface area contributed by atoms with Gasteiger partial charge in [0.05, 0.1) is 29.1 Å². The Balaban J connectivity index is 1.63. The maximum atomic E-state index is 13.1. The molecular formula is C24H32N4O5S. The van der Waals surface area contributed by atoms with Crippen LogP contribution in [0.25, 0.3) is 0 Å². The van der Waals surface area contributed by atoms with Gasteiger partial charge in [-0.05, 0) is 37.5 Å². The second-order valence-corrected chi connectivity index (χ2v) is 10.9. The molecular weight excluding hydrogens is 456 g/mol. The van der Waals surface area contributed by atoms with Crippen molar-refractivity contribution in [2.24, 2.45) is 0 Å². The summed E-state index contributed by atoms with van der Waals surface area (Å²) in [5.74, 6) is 0. The topological polar surface area (TPSA) is 105 Å². The minimum absolute atomic E-state index is 0.0354. The molecule has 0 spiro atoms. The van der Waals surface area contributed by atoms with E-state index >= 15 is 0 Å². The van der Waals surface area contributed by atoms with E-state index in [0.29, 0.717) is 38.5 Å². The summed E-state index contributed by atoms with van der Waals surface area (Å²) >= 11 is 0. The average molecular weight is 489 g/mol. The number of piperidine rings is 1. The predicted molar refractivity (Wildman–Crippen MR) is 131 cm³/mol. The zero-order valence-electron chi connectivity index (χ0n) is 19.5. The van der Waals surface area contributed by atoms with E-state index in [9.17, 15) is 18.5 Å². The Morgan fingerprint density at radius 2 is 1.71 bits per heavy atom. The van der Waals surface area contributed by atoms with Gasteiger partial charge in [0.1, 0.15) is 5.69 Å². The molecule has 0 saturated carbocycles. The smallest absolute Gasteiger partial charge is 0.293 e. The summed E-state index contributed by atoms with van der Waals surface area (Å²) in [5, 5.41) is 15.3. The minimum atomic E-state index is -3.76. The van der Waals surface area contributed by atoms with Crippen LogP contribution in [0.2, 0.25) is 0 Å².